The van der Waals surface area contributed by atoms with E-state index in [1.165, 1.54) is 7.11 Å². The van der Waals surface area contributed by atoms with Gasteiger partial charge in [0.1, 0.15) is 5.75 Å². The number of ether oxygens (including phenoxy) is 1. The van der Waals surface area contributed by atoms with Gasteiger partial charge in [-0.2, -0.15) is 8.78 Å². The fraction of sp³-hybridized carbons (Fsp3) is 0.250. The first-order chi connectivity index (χ1) is 5.74. The lowest BCUT2D eigenvalue weighted by atomic mass is 10.3. The van der Waals surface area contributed by atoms with E-state index in [1.54, 1.807) is 24.3 Å². The number of rotatable bonds is 3. The highest BCUT2D eigenvalue weighted by Gasteiger charge is 2.08. The van der Waals surface area contributed by atoms with Crippen LogP contribution in [0.2, 0.25) is 0 Å². The predicted octanol–water partition coefficient (Wildman–Crippen LogP) is 3.01. The van der Waals surface area contributed by atoms with Crippen molar-refractivity contribution >= 4 is 11.8 Å². The lowest BCUT2D eigenvalue weighted by Gasteiger charge is -2.05. The number of benzene rings is 1. The third-order valence-corrected chi connectivity index (χ3v) is 2.05. The molecule has 0 amide bonds. The van der Waals surface area contributed by atoms with E-state index in [1.807, 2.05) is 0 Å². The molecule has 0 aliphatic heterocycles. The van der Waals surface area contributed by atoms with Crippen LogP contribution in [0.3, 0.4) is 0 Å². The molecule has 1 nitrogen and oxygen atoms in total. The van der Waals surface area contributed by atoms with Crippen molar-refractivity contribution in [1.82, 2.24) is 0 Å². The van der Waals surface area contributed by atoms with E-state index in [-0.39, 0.29) is 0 Å². The molecule has 0 unspecified atom stereocenters. The maximum atomic E-state index is 11.9. The zero-order valence-corrected chi connectivity index (χ0v) is 7.28. The van der Waals surface area contributed by atoms with Crippen LogP contribution in [0.1, 0.15) is 0 Å². The third-order valence-electron chi connectivity index (χ3n) is 1.29. The van der Waals surface area contributed by atoms with Gasteiger partial charge in [-0.1, -0.05) is 23.9 Å². The number of para-hydroxylation sites is 1. The molecule has 1 rings (SSSR count). The molecule has 4 heteroatoms. The lowest BCUT2D eigenvalue weighted by molar-refractivity contribution is 0.251. The highest BCUT2D eigenvalue weighted by molar-refractivity contribution is 7.99. The van der Waals surface area contributed by atoms with Gasteiger partial charge >= 0.3 is 0 Å². The van der Waals surface area contributed by atoms with Gasteiger partial charge in [-0.3, -0.25) is 0 Å². The number of hydrogen-bond acceptors (Lipinski definition) is 2. The Bertz CT molecular complexity index is 253. The molecule has 0 saturated heterocycles. The first-order valence-corrected chi connectivity index (χ1v) is 4.20. The Morgan fingerprint density at radius 2 is 2.00 bits per heavy atom. The van der Waals surface area contributed by atoms with Gasteiger partial charge in [0, 0.05) is 0 Å². The van der Waals surface area contributed by atoms with Crippen LogP contribution < -0.4 is 4.74 Å². The maximum Gasteiger partial charge on any atom is 0.289 e. The number of halogens is 2. The summed E-state index contributed by atoms with van der Waals surface area (Å²) in [7, 11) is 1.46. The second-order valence-electron chi connectivity index (χ2n) is 2.03. The molecule has 66 valence electrons. The quantitative estimate of drug-likeness (QED) is 0.677. The number of methoxy groups -OCH3 is 1. The standard InChI is InChI=1S/C8H8F2OS/c1-11-6-4-2-3-5-7(6)12-8(9)10/h2-5,8H,1H3. The first-order valence-electron chi connectivity index (χ1n) is 3.32. The molecule has 0 aliphatic rings. The first kappa shape index (κ1) is 9.32. The SMILES string of the molecule is COc1ccccc1SC(F)F. The Hall–Kier alpha value is -0.770. The average molecular weight is 190 g/mol. The average Bonchev–Trinajstić information content (AvgIpc) is 2.04. The molecule has 1 aromatic carbocycles. The molecule has 0 spiro atoms. The van der Waals surface area contributed by atoms with Crippen molar-refractivity contribution in [2.45, 2.75) is 10.7 Å². The minimum atomic E-state index is -2.40. The molecule has 0 aliphatic carbocycles. The summed E-state index contributed by atoms with van der Waals surface area (Å²) in [6, 6.07) is 6.71. The second kappa shape index (κ2) is 4.30. The van der Waals surface area contributed by atoms with Crippen LogP contribution in [0.4, 0.5) is 8.78 Å². The van der Waals surface area contributed by atoms with Gasteiger partial charge in [-0.25, -0.2) is 0 Å². The summed E-state index contributed by atoms with van der Waals surface area (Å²) < 4.78 is 28.8. The van der Waals surface area contributed by atoms with Crippen LogP contribution in [0.25, 0.3) is 0 Å². The lowest BCUT2D eigenvalue weighted by Crippen LogP contribution is -1.87. The molecule has 0 radical (unpaired) electrons. The van der Waals surface area contributed by atoms with Crippen molar-refractivity contribution in [3.05, 3.63) is 24.3 Å². The smallest absolute Gasteiger partial charge is 0.289 e. The van der Waals surface area contributed by atoms with Gasteiger partial charge in [0.15, 0.2) is 0 Å². The van der Waals surface area contributed by atoms with E-state index in [9.17, 15) is 8.78 Å². The number of hydrogen-bond donors (Lipinski definition) is 0. The molecule has 0 atom stereocenters. The molecule has 0 saturated carbocycles. The van der Waals surface area contributed by atoms with Crippen molar-refractivity contribution in [2.75, 3.05) is 7.11 Å². The summed E-state index contributed by atoms with van der Waals surface area (Å²) in [4.78, 5) is 0.468. The van der Waals surface area contributed by atoms with Gasteiger partial charge in [-0.05, 0) is 12.1 Å². The Morgan fingerprint density at radius 3 is 2.58 bits per heavy atom. The zero-order valence-electron chi connectivity index (χ0n) is 6.46. The summed E-state index contributed by atoms with van der Waals surface area (Å²) in [6.45, 7) is 0. The van der Waals surface area contributed by atoms with Gasteiger partial charge < -0.3 is 4.74 Å². The summed E-state index contributed by atoms with van der Waals surface area (Å²) in [5.74, 6) is -1.91. The Labute approximate surface area is 73.7 Å². The van der Waals surface area contributed by atoms with Crippen LogP contribution in [-0.2, 0) is 0 Å². The van der Waals surface area contributed by atoms with Crippen LogP contribution >= 0.6 is 11.8 Å². The highest BCUT2D eigenvalue weighted by Crippen LogP contribution is 2.32. The van der Waals surface area contributed by atoms with Crippen LogP contribution in [0.15, 0.2) is 29.2 Å². The summed E-state index contributed by atoms with van der Waals surface area (Å²) in [5.41, 5.74) is 0. The molecule has 12 heavy (non-hydrogen) atoms. The van der Waals surface area contributed by atoms with Gasteiger partial charge in [0.05, 0.1) is 12.0 Å². The van der Waals surface area contributed by atoms with E-state index in [0.717, 1.165) is 0 Å². The molecule has 0 bridgehead atoms. The van der Waals surface area contributed by atoms with Gasteiger partial charge in [0.25, 0.3) is 5.76 Å². The van der Waals surface area contributed by atoms with E-state index >= 15 is 0 Å². The van der Waals surface area contributed by atoms with Crippen molar-refractivity contribution in [2.24, 2.45) is 0 Å². The van der Waals surface area contributed by atoms with E-state index in [4.69, 9.17) is 4.74 Å². The highest BCUT2D eigenvalue weighted by atomic mass is 32.2. The Morgan fingerprint density at radius 1 is 1.33 bits per heavy atom. The van der Waals surface area contributed by atoms with Crippen molar-refractivity contribution < 1.29 is 13.5 Å². The Balaban J connectivity index is 2.82. The summed E-state index contributed by atoms with van der Waals surface area (Å²) >= 11 is 0.491. The topological polar surface area (TPSA) is 9.23 Å². The molecular formula is C8H8F2OS. The normalized spacial score (nSPS) is 10.3. The molecular weight excluding hydrogens is 182 g/mol. The van der Waals surface area contributed by atoms with Gasteiger partial charge in [0.2, 0.25) is 0 Å². The predicted molar refractivity (Wildman–Crippen MR) is 44.9 cm³/mol. The van der Waals surface area contributed by atoms with Crippen molar-refractivity contribution in [1.29, 1.82) is 0 Å². The minimum absolute atomic E-state index is 0.468. The van der Waals surface area contributed by atoms with E-state index in [2.05, 4.69) is 0 Å². The Kier molecular flexibility index (Phi) is 3.34. The van der Waals surface area contributed by atoms with Crippen LogP contribution in [0, 0.1) is 0 Å². The fourth-order valence-corrected chi connectivity index (χ4v) is 1.43. The second-order valence-corrected chi connectivity index (χ2v) is 3.06. The van der Waals surface area contributed by atoms with Crippen LogP contribution in [0.5, 0.6) is 5.75 Å². The molecule has 0 fully saturated rings. The maximum absolute atomic E-state index is 11.9. The van der Waals surface area contributed by atoms with Crippen molar-refractivity contribution in [3.8, 4) is 5.75 Å². The number of alkyl halides is 2. The fourth-order valence-electron chi connectivity index (χ4n) is 0.812. The molecule has 0 N–H and O–H groups in total. The third kappa shape index (κ3) is 2.37. The molecule has 0 heterocycles. The van der Waals surface area contributed by atoms with Crippen LogP contribution in [-0.4, -0.2) is 12.9 Å². The minimum Gasteiger partial charge on any atom is -0.496 e. The van der Waals surface area contributed by atoms with Gasteiger partial charge in [-0.15, -0.1) is 0 Å². The van der Waals surface area contributed by atoms with E-state index < -0.39 is 5.76 Å². The molecule has 0 aromatic heterocycles. The number of thioether (sulfide) groups is 1. The summed E-state index contributed by atoms with van der Waals surface area (Å²) in [5, 5.41) is 0. The van der Waals surface area contributed by atoms with Crippen molar-refractivity contribution in [3.63, 3.8) is 0 Å². The van der Waals surface area contributed by atoms with E-state index in [0.29, 0.717) is 22.4 Å². The summed E-state index contributed by atoms with van der Waals surface area (Å²) in [6.07, 6.45) is 0. The zero-order chi connectivity index (χ0) is 8.97. The largest absolute Gasteiger partial charge is 0.496 e. The molecule has 1 aromatic rings. The monoisotopic (exact) mass is 190 g/mol.